The first-order valence-corrected chi connectivity index (χ1v) is 3.44. The van der Waals surface area contributed by atoms with Crippen molar-refractivity contribution in [1.29, 1.82) is 0 Å². The van der Waals surface area contributed by atoms with Gasteiger partial charge in [0.15, 0.2) is 0 Å². The van der Waals surface area contributed by atoms with E-state index in [0.717, 1.165) is 5.82 Å². The van der Waals surface area contributed by atoms with E-state index in [-0.39, 0.29) is 5.41 Å². The summed E-state index contributed by atoms with van der Waals surface area (Å²) in [5.74, 6) is 0.947. The molecular weight excluding hydrogens is 126 g/mol. The van der Waals surface area contributed by atoms with Crippen LogP contribution in [0.1, 0.15) is 25.6 Å². The second-order valence-electron chi connectivity index (χ2n) is 3.02. The van der Waals surface area contributed by atoms with E-state index < -0.39 is 0 Å². The van der Waals surface area contributed by atoms with Gasteiger partial charge in [0.25, 0.3) is 0 Å². The van der Waals surface area contributed by atoms with E-state index >= 15 is 0 Å². The van der Waals surface area contributed by atoms with Crippen LogP contribution in [0.15, 0.2) is 12.7 Å². The molecule has 0 spiro atoms. The highest BCUT2D eigenvalue weighted by molar-refractivity contribution is 5.13. The van der Waals surface area contributed by atoms with Crippen LogP contribution in [-0.4, -0.2) is 15.0 Å². The highest BCUT2D eigenvalue weighted by atomic mass is 15.0. The van der Waals surface area contributed by atoms with Gasteiger partial charge in [0, 0.05) is 5.41 Å². The summed E-state index contributed by atoms with van der Waals surface area (Å²) in [4.78, 5) is 11.9. The first-order valence-electron chi connectivity index (χ1n) is 3.44. The quantitative estimate of drug-likeness (QED) is 0.574. The van der Waals surface area contributed by atoms with E-state index in [1.165, 1.54) is 12.8 Å². The molecule has 0 unspecified atom stereocenters. The highest BCUT2D eigenvalue weighted by Gasteiger charge is 2.41. The summed E-state index contributed by atoms with van der Waals surface area (Å²) in [5, 5.41) is 0. The summed E-state index contributed by atoms with van der Waals surface area (Å²) in [7, 11) is 0. The molecule has 0 N–H and O–H groups in total. The third kappa shape index (κ3) is 0.781. The van der Waals surface area contributed by atoms with Crippen molar-refractivity contribution in [2.45, 2.75) is 25.2 Å². The Morgan fingerprint density at radius 3 is 2.40 bits per heavy atom. The molecule has 1 fully saturated rings. The van der Waals surface area contributed by atoms with Crippen LogP contribution in [0.25, 0.3) is 0 Å². The van der Waals surface area contributed by atoms with E-state index in [1.807, 2.05) is 0 Å². The molecule has 10 heavy (non-hydrogen) atoms. The highest BCUT2D eigenvalue weighted by Crippen LogP contribution is 2.45. The van der Waals surface area contributed by atoms with E-state index in [2.05, 4.69) is 21.9 Å². The maximum Gasteiger partial charge on any atom is 0.137 e. The molecular formula is C7H9N3. The van der Waals surface area contributed by atoms with Crippen molar-refractivity contribution in [1.82, 2.24) is 15.0 Å². The van der Waals surface area contributed by atoms with Crippen LogP contribution in [-0.2, 0) is 5.41 Å². The summed E-state index contributed by atoms with van der Waals surface area (Å²) in [6.07, 6.45) is 5.56. The van der Waals surface area contributed by atoms with E-state index in [0.29, 0.717) is 0 Å². The summed E-state index contributed by atoms with van der Waals surface area (Å²) in [5.41, 5.74) is 0.281. The van der Waals surface area contributed by atoms with Crippen LogP contribution < -0.4 is 0 Å². The van der Waals surface area contributed by atoms with Gasteiger partial charge >= 0.3 is 0 Å². The largest absolute Gasteiger partial charge is 0.225 e. The first-order chi connectivity index (χ1) is 4.81. The Morgan fingerprint density at radius 1 is 1.30 bits per heavy atom. The minimum atomic E-state index is 0.281. The van der Waals surface area contributed by atoms with Crippen LogP contribution in [0, 0.1) is 0 Å². The van der Waals surface area contributed by atoms with Crippen LogP contribution in [0.2, 0.25) is 0 Å². The Labute approximate surface area is 59.5 Å². The molecule has 1 heterocycles. The van der Waals surface area contributed by atoms with Gasteiger partial charge in [0.2, 0.25) is 0 Å². The van der Waals surface area contributed by atoms with Crippen molar-refractivity contribution in [3.05, 3.63) is 18.5 Å². The Balaban J connectivity index is 2.35. The van der Waals surface area contributed by atoms with Crippen LogP contribution in [0.4, 0.5) is 0 Å². The molecule has 3 heteroatoms. The molecule has 0 amide bonds. The summed E-state index contributed by atoms with van der Waals surface area (Å²) in [6.45, 7) is 2.18. The fraction of sp³-hybridized carbons (Fsp3) is 0.571. The Hall–Kier alpha value is -0.990. The predicted octanol–water partition coefficient (Wildman–Crippen LogP) is 0.923. The lowest BCUT2D eigenvalue weighted by molar-refractivity contribution is 0.698. The molecule has 1 aliphatic rings. The van der Waals surface area contributed by atoms with Crippen molar-refractivity contribution < 1.29 is 0 Å². The Bertz CT molecular complexity index is 228. The molecule has 0 saturated heterocycles. The minimum Gasteiger partial charge on any atom is -0.225 e. The van der Waals surface area contributed by atoms with Gasteiger partial charge in [-0.15, -0.1) is 0 Å². The van der Waals surface area contributed by atoms with Gasteiger partial charge < -0.3 is 0 Å². The van der Waals surface area contributed by atoms with Crippen molar-refractivity contribution in [2.24, 2.45) is 0 Å². The number of rotatable bonds is 1. The number of hydrogen-bond donors (Lipinski definition) is 0. The molecule has 1 aromatic heterocycles. The fourth-order valence-corrected chi connectivity index (χ4v) is 0.962. The SMILES string of the molecule is CC1(c2ncncn2)CC1. The maximum atomic E-state index is 4.09. The minimum absolute atomic E-state index is 0.281. The lowest BCUT2D eigenvalue weighted by Crippen LogP contribution is -2.05. The van der Waals surface area contributed by atoms with Crippen LogP contribution >= 0.6 is 0 Å². The van der Waals surface area contributed by atoms with Gasteiger partial charge in [-0.1, -0.05) is 6.92 Å². The lowest BCUT2D eigenvalue weighted by atomic mass is 10.1. The van der Waals surface area contributed by atoms with Gasteiger partial charge in [0.05, 0.1) is 0 Å². The third-order valence-electron chi connectivity index (χ3n) is 2.03. The Morgan fingerprint density at radius 2 is 1.90 bits per heavy atom. The second-order valence-corrected chi connectivity index (χ2v) is 3.02. The van der Waals surface area contributed by atoms with Crippen molar-refractivity contribution in [3.63, 3.8) is 0 Å². The lowest BCUT2D eigenvalue weighted by Gasteiger charge is -2.02. The molecule has 1 aliphatic carbocycles. The molecule has 2 rings (SSSR count). The maximum absolute atomic E-state index is 4.09. The average Bonchev–Trinajstić information content (AvgIpc) is 2.72. The zero-order chi connectivity index (χ0) is 7.03. The smallest absolute Gasteiger partial charge is 0.137 e. The topological polar surface area (TPSA) is 38.7 Å². The summed E-state index contributed by atoms with van der Waals surface area (Å²) >= 11 is 0. The number of aromatic nitrogens is 3. The molecule has 0 aromatic carbocycles. The summed E-state index contributed by atoms with van der Waals surface area (Å²) < 4.78 is 0. The van der Waals surface area contributed by atoms with Crippen molar-refractivity contribution in [3.8, 4) is 0 Å². The van der Waals surface area contributed by atoms with Gasteiger partial charge in [0.1, 0.15) is 18.5 Å². The van der Waals surface area contributed by atoms with Crippen molar-refractivity contribution in [2.75, 3.05) is 0 Å². The number of hydrogen-bond acceptors (Lipinski definition) is 3. The monoisotopic (exact) mass is 135 g/mol. The zero-order valence-electron chi connectivity index (χ0n) is 5.91. The molecule has 0 aliphatic heterocycles. The van der Waals surface area contributed by atoms with Gasteiger partial charge in [-0.25, -0.2) is 15.0 Å². The first kappa shape index (κ1) is 5.77. The average molecular weight is 135 g/mol. The van der Waals surface area contributed by atoms with E-state index in [4.69, 9.17) is 0 Å². The summed E-state index contributed by atoms with van der Waals surface area (Å²) in [6, 6.07) is 0. The van der Waals surface area contributed by atoms with Crippen LogP contribution in [0.5, 0.6) is 0 Å². The zero-order valence-corrected chi connectivity index (χ0v) is 5.91. The molecule has 3 nitrogen and oxygen atoms in total. The third-order valence-corrected chi connectivity index (χ3v) is 2.03. The van der Waals surface area contributed by atoms with Gasteiger partial charge in [-0.05, 0) is 12.8 Å². The molecule has 1 saturated carbocycles. The van der Waals surface area contributed by atoms with E-state index in [1.54, 1.807) is 12.7 Å². The predicted molar refractivity (Wildman–Crippen MR) is 36.4 cm³/mol. The fourth-order valence-electron chi connectivity index (χ4n) is 0.962. The molecule has 52 valence electrons. The van der Waals surface area contributed by atoms with E-state index in [9.17, 15) is 0 Å². The Kier molecular flexibility index (Phi) is 1.01. The molecule has 0 bridgehead atoms. The molecule has 0 atom stereocenters. The van der Waals surface area contributed by atoms with Crippen LogP contribution in [0.3, 0.4) is 0 Å². The second kappa shape index (κ2) is 1.75. The van der Waals surface area contributed by atoms with Gasteiger partial charge in [-0.3, -0.25) is 0 Å². The van der Waals surface area contributed by atoms with Crippen molar-refractivity contribution >= 4 is 0 Å². The normalized spacial score (nSPS) is 20.5. The standard InChI is InChI=1S/C7H9N3/c1-7(2-3-7)6-9-4-8-5-10-6/h4-5H,2-3H2,1H3. The molecule has 0 radical (unpaired) electrons. The van der Waals surface area contributed by atoms with Gasteiger partial charge in [-0.2, -0.15) is 0 Å². The number of nitrogens with zero attached hydrogens (tertiary/aromatic N) is 3. The molecule has 1 aromatic rings.